The zero-order valence-electron chi connectivity index (χ0n) is 26.8. The van der Waals surface area contributed by atoms with Crippen LogP contribution in [0.3, 0.4) is 0 Å². The molecule has 2 aliphatic rings. The number of nitrogens with zero attached hydrogens (tertiary/aromatic N) is 4. The van der Waals surface area contributed by atoms with Gasteiger partial charge in [-0.2, -0.15) is 13.2 Å². The van der Waals surface area contributed by atoms with Gasteiger partial charge in [-0.05, 0) is 65.1 Å². The number of benzene rings is 1. The zero-order valence-corrected chi connectivity index (χ0v) is 27.6. The third kappa shape index (κ3) is 6.97. The lowest BCUT2D eigenvalue weighted by atomic mass is 9.89. The molecule has 1 amide bonds. The van der Waals surface area contributed by atoms with E-state index in [1.165, 1.54) is 16.7 Å². The molecule has 2 aliphatic heterocycles. The Morgan fingerprint density at radius 2 is 1.83 bits per heavy atom. The van der Waals surface area contributed by atoms with Crippen molar-refractivity contribution < 1.29 is 27.4 Å². The summed E-state index contributed by atoms with van der Waals surface area (Å²) in [4.78, 5) is 42.3. The van der Waals surface area contributed by atoms with E-state index in [1.807, 2.05) is 31.2 Å². The molecule has 3 aromatic rings. The average Bonchev–Trinajstić information content (AvgIpc) is 3.38. The monoisotopic (exact) mass is 660 g/mol. The van der Waals surface area contributed by atoms with Crippen molar-refractivity contribution in [3.63, 3.8) is 0 Å². The predicted octanol–water partition coefficient (Wildman–Crippen LogP) is 5.32. The van der Waals surface area contributed by atoms with Gasteiger partial charge in [-0.1, -0.05) is 0 Å². The molecule has 5 rings (SSSR count). The molecule has 1 saturated heterocycles. The molecule has 0 spiro atoms. The maximum absolute atomic E-state index is 13.7. The van der Waals surface area contributed by atoms with E-state index in [4.69, 9.17) is 9.47 Å². The number of hydrogen-bond acceptors (Lipinski definition) is 9. The number of aromatic nitrogens is 3. The average molecular weight is 661 g/mol. The Labute approximate surface area is 270 Å². The lowest BCUT2D eigenvalue weighted by molar-refractivity contribution is -0.159. The third-order valence-corrected chi connectivity index (χ3v) is 9.51. The number of amides is 1. The fourth-order valence-corrected chi connectivity index (χ4v) is 6.67. The number of alkyl halides is 3. The van der Waals surface area contributed by atoms with Crippen LogP contribution in [0.1, 0.15) is 53.9 Å². The van der Waals surface area contributed by atoms with E-state index in [9.17, 15) is 22.8 Å². The molecule has 46 heavy (non-hydrogen) atoms. The van der Waals surface area contributed by atoms with Crippen LogP contribution >= 0.6 is 11.8 Å². The largest absolute Gasteiger partial charge is 0.448 e. The maximum Gasteiger partial charge on any atom is 0.401 e. The summed E-state index contributed by atoms with van der Waals surface area (Å²) in [7, 11) is 1.88. The minimum Gasteiger partial charge on any atom is -0.448 e. The van der Waals surface area contributed by atoms with Crippen LogP contribution in [0.15, 0.2) is 34.2 Å². The van der Waals surface area contributed by atoms with Crippen molar-refractivity contribution in [3.05, 3.63) is 57.3 Å². The van der Waals surface area contributed by atoms with Gasteiger partial charge in [0, 0.05) is 83.8 Å². The predicted molar refractivity (Wildman–Crippen MR) is 171 cm³/mol. The number of rotatable bonds is 9. The highest BCUT2D eigenvalue weighted by Gasteiger charge is 2.48. The number of ether oxygens (including phenoxy) is 2. The van der Waals surface area contributed by atoms with Gasteiger partial charge in [-0.3, -0.25) is 14.5 Å². The van der Waals surface area contributed by atoms with E-state index in [0.29, 0.717) is 64.7 Å². The number of anilines is 1. The van der Waals surface area contributed by atoms with Crippen LogP contribution in [0, 0.1) is 19.8 Å². The highest BCUT2D eigenvalue weighted by molar-refractivity contribution is 7.98. The fourth-order valence-electron chi connectivity index (χ4n) is 5.97. The summed E-state index contributed by atoms with van der Waals surface area (Å²) in [5.74, 6) is -0.413. The minimum atomic E-state index is -4.26. The first-order valence-electron chi connectivity index (χ1n) is 15.2. The van der Waals surface area contributed by atoms with E-state index in [2.05, 4.69) is 20.3 Å². The Bertz CT molecular complexity index is 1660. The summed E-state index contributed by atoms with van der Waals surface area (Å²) in [6.07, 6.45) is 1.83. The summed E-state index contributed by atoms with van der Waals surface area (Å²) in [6.45, 7) is 7.65. The summed E-state index contributed by atoms with van der Waals surface area (Å²) < 4.78 is 52.1. The van der Waals surface area contributed by atoms with Crippen molar-refractivity contribution >= 4 is 23.6 Å². The molecule has 1 fully saturated rings. The highest BCUT2D eigenvalue weighted by Crippen LogP contribution is 2.52. The number of nitrogens with one attached hydrogen (secondary N) is 2. The fraction of sp³-hybridized carbons (Fsp3) is 0.500. The second-order valence-electron chi connectivity index (χ2n) is 11.9. The standard InChI is InChI=1S/C32H39F3N6O4S/c1-7-40(5)30-37-14-20(15-38-30)23-13-22(28(42)36-16-24-25(46-6)12-18(2)39-29(24)43)19(3)26-27(23)45-31(4,44-26)21-8-10-41(11-9-21)17-32(33,34)35/h12-15,21H,7-11,16-17H2,1-6H3,(H,36,42)(H,39,43)/t31-/m1/s1. The van der Waals surface area contributed by atoms with Crippen molar-refractivity contribution in [2.75, 3.05) is 44.4 Å². The summed E-state index contributed by atoms with van der Waals surface area (Å²) >= 11 is 1.43. The SMILES string of the molecule is CCN(C)c1ncc(-c2cc(C(=O)NCc3c(SC)cc(C)[nH]c3=O)c(C)c3c2O[C@](C)(C2CCN(CC(F)(F)F)CC2)O3)cn1. The van der Waals surface area contributed by atoms with E-state index in [1.54, 1.807) is 39.2 Å². The summed E-state index contributed by atoms with van der Waals surface area (Å²) in [5, 5.41) is 2.90. The molecule has 0 saturated carbocycles. The van der Waals surface area contributed by atoms with Crippen LogP contribution in [-0.4, -0.2) is 77.2 Å². The Kier molecular flexibility index (Phi) is 9.60. The van der Waals surface area contributed by atoms with Crippen LogP contribution in [0.2, 0.25) is 0 Å². The van der Waals surface area contributed by atoms with Crippen molar-refractivity contribution in [2.24, 2.45) is 5.92 Å². The molecule has 2 N–H and O–H groups in total. The first kappa shape index (κ1) is 33.6. The van der Waals surface area contributed by atoms with Gasteiger partial charge >= 0.3 is 6.18 Å². The van der Waals surface area contributed by atoms with Crippen molar-refractivity contribution in [1.29, 1.82) is 0 Å². The molecule has 2 aromatic heterocycles. The Balaban J connectivity index is 1.47. The maximum atomic E-state index is 13.7. The molecule has 0 aliphatic carbocycles. The molecule has 248 valence electrons. The Morgan fingerprint density at radius 3 is 2.43 bits per heavy atom. The van der Waals surface area contributed by atoms with Crippen LogP contribution in [0.4, 0.5) is 19.1 Å². The Morgan fingerprint density at radius 1 is 1.17 bits per heavy atom. The Hall–Kier alpha value is -3.78. The molecule has 0 unspecified atom stereocenters. The van der Waals surface area contributed by atoms with E-state index in [0.717, 1.165) is 10.6 Å². The number of halogens is 3. The zero-order chi connectivity index (χ0) is 33.4. The van der Waals surface area contributed by atoms with Crippen molar-refractivity contribution in [1.82, 2.24) is 25.2 Å². The molecule has 0 bridgehead atoms. The molecular formula is C32H39F3N6O4S. The number of likely N-dealkylation sites (tertiary alicyclic amines) is 1. The van der Waals surface area contributed by atoms with E-state index in [-0.39, 0.29) is 31.1 Å². The smallest absolute Gasteiger partial charge is 0.401 e. The van der Waals surface area contributed by atoms with Gasteiger partial charge in [-0.25, -0.2) is 9.97 Å². The second-order valence-corrected chi connectivity index (χ2v) is 12.8. The molecule has 10 nitrogen and oxygen atoms in total. The molecule has 14 heteroatoms. The molecule has 4 heterocycles. The molecule has 1 atom stereocenters. The van der Waals surface area contributed by atoms with Gasteiger partial charge in [-0.15, -0.1) is 11.8 Å². The van der Waals surface area contributed by atoms with Gasteiger partial charge in [0.15, 0.2) is 11.5 Å². The number of pyridine rings is 1. The number of thioether (sulfide) groups is 1. The topological polar surface area (TPSA) is 113 Å². The second kappa shape index (κ2) is 13.1. The van der Waals surface area contributed by atoms with E-state index < -0.39 is 24.4 Å². The van der Waals surface area contributed by atoms with Gasteiger partial charge in [0.1, 0.15) is 0 Å². The van der Waals surface area contributed by atoms with Gasteiger partial charge in [0.25, 0.3) is 17.3 Å². The number of aryl methyl sites for hydroxylation is 1. The number of H-pyrrole nitrogens is 1. The first-order valence-corrected chi connectivity index (χ1v) is 16.4. The van der Waals surface area contributed by atoms with Gasteiger partial charge < -0.3 is 24.7 Å². The normalized spacial score (nSPS) is 18.5. The van der Waals surface area contributed by atoms with E-state index >= 15 is 0 Å². The number of hydrogen-bond donors (Lipinski definition) is 2. The molecule has 1 aromatic carbocycles. The van der Waals surface area contributed by atoms with Crippen LogP contribution in [0.25, 0.3) is 11.1 Å². The number of carbonyl (C=O) groups is 1. The minimum absolute atomic E-state index is 0.0171. The summed E-state index contributed by atoms with van der Waals surface area (Å²) in [5.41, 5.74) is 2.94. The van der Waals surface area contributed by atoms with Crippen LogP contribution in [-0.2, 0) is 6.54 Å². The quantitative estimate of drug-likeness (QED) is 0.295. The van der Waals surface area contributed by atoms with Gasteiger partial charge in [0.05, 0.1) is 6.54 Å². The van der Waals surface area contributed by atoms with Crippen LogP contribution < -0.4 is 25.2 Å². The van der Waals surface area contributed by atoms with Crippen LogP contribution in [0.5, 0.6) is 11.5 Å². The first-order chi connectivity index (χ1) is 21.7. The number of carbonyl (C=O) groups excluding carboxylic acids is 1. The third-order valence-electron chi connectivity index (χ3n) is 8.71. The highest BCUT2D eigenvalue weighted by atomic mass is 32.2. The lowest BCUT2D eigenvalue weighted by Gasteiger charge is -2.39. The lowest BCUT2D eigenvalue weighted by Crippen LogP contribution is -2.49. The van der Waals surface area contributed by atoms with Gasteiger partial charge in [0.2, 0.25) is 5.95 Å². The molecular weight excluding hydrogens is 621 g/mol. The van der Waals surface area contributed by atoms with Crippen molar-refractivity contribution in [2.45, 2.75) is 63.9 Å². The molecule has 0 radical (unpaired) electrons. The summed E-state index contributed by atoms with van der Waals surface area (Å²) in [6, 6.07) is 3.58. The van der Waals surface area contributed by atoms with Crippen molar-refractivity contribution in [3.8, 4) is 22.6 Å². The number of aromatic amines is 1. The number of fused-ring (bicyclic) bond motifs is 1. The number of piperidine rings is 1.